The molecule has 0 aliphatic heterocycles. The molecule has 0 aliphatic rings. The second-order valence-electron chi connectivity index (χ2n) is 4.82. The van der Waals surface area contributed by atoms with E-state index < -0.39 is 0 Å². The number of aromatic nitrogens is 1. The molecule has 3 nitrogen and oxygen atoms in total. The number of pyridine rings is 1. The standard InChI is InChI=1S/C19H14N2O/c1-22-17-10-8-16(9-11-17)19-18(3-2-12-21-19)15-6-4-14(13-20)5-7-15/h2-12H,1H3. The lowest BCUT2D eigenvalue weighted by Crippen LogP contribution is -1.89. The number of hydrogen-bond donors (Lipinski definition) is 0. The Morgan fingerprint density at radius 2 is 1.59 bits per heavy atom. The summed E-state index contributed by atoms with van der Waals surface area (Å²) in [6.07, 6.45) is 1.78. The van der Waals surface area contributed by atoms with Crippen LogP contribution < -0.4 is 4.74 Å². The van der Waals surface area contributed by atoms with E-state index in [1.54, 1.807) is 13.3 Å². The Bertz CT molecular complexity index is 815. The van der Waals surface area contributed by atoms with Gasteiger partial charge in [0.1, 0.15) is 5.75 Å². The number of rotatable bonds is 3. The van der Waals surface area contributed by atoms with Gasteiger partial charge >= 0.3 is 0 Å². The molecule has 0 fully saturated rings. The molecule has 0 aliphatic carbocycles. The van der Waals surface area contributed by atoms with Crippen LogP contribution in [0.3, 0.4) is 0 Å². The molecule has 22 heavy (non-hydrogen) atoms. The molecule has 106 valence electrons. The maximum Gasteiger partial charge on any atom is 0.118 e. The van der Waals surface area contributed by atoms with E-state index in [1.165, 1.54) is 0 Å². The molecule has 0 bridgehead atoms. The van der Waals surface area contributed by atoms with E-state index >= 15 is 0 Å². The van der Waals surface area contributed by atoms with Crippen LogP contribution in [-0.4, -0.2) is 12.1 Å². The van der Waals surface area contributed by atoms with Crippen LogP contribution in [0.2, 0.25) is 0 Å². The lowest BCUT2D eigenvalue weighted by Gasteiger charge is -2.09. The van der Waals surface area contributed by atoms with Crippen LogP contribution in [0.4, 0.5) is 0 Å². The van der Waals surface area contributed by atoms with Crippen molar-refractivity contribution in [3.63, 3.8) is 0 Å². The highest BCUT2D eigenvalue weighted by Gasteiger charge is 2.08. The summed E-state index contributed by atoms with van der Waals surface area (Å²) >= 11 is 0. The van der Waals surface area contributed by atoms with Crippen molar-refractivity contribution in [2.45, 2.75) is 0 Å². The van der Waals surface area contributed by atoms with E-state index in [0.29, 0.717) is 5.56 Å². The summed E-state index contributed by atoms with van der Waals surface area (Å²) < 4.78 is 5.19. The summed E-state index contributed by atoms with van der Waals surface area (Å²) in [6, 6.07) is 21.5. The summed E-state index contributed by atoms with van der Waals surface area (Å²) in [6.45, 7) is 0. The van der Waals surface area contributed by atoms with Gasteiger partial charge in [0.2, 0.25) is 0 Å². The molecule has 0 radical (unpaired) electrons. The van der Waals surface area contributed by atoms with E-state index in [-0.39, 0.29) is 0 Å². The predicted molar refractivity (Wildman–Crippen MR) is 86.4 cm³/mol. The second-order valence-corrected chi connectivity index (χ2v) is 4.82. The zero-order chi connectivity index (χ0) is 15.4. The van der Waals surface area contributed by atoms with Crippen LogP contribution in [0.25, 0.3) is 22.4 Å². The van der Waals surface area contributed by atoms with Gasteiger partial charge in [0.15, 0.2) is 0 Å². The molecule has 0 atom stereocenters. The molecule has 0 saturated heterocycles. The van der Waals surface area contributed by atoms with Gasteiger partial charge in [-0.25, -0.2) is 0 Å². The van der Waals surface area contributed by atoms with Crippen LogP contribution in [0.5, 0.6) is 5.75 Å². The third-order valence-corrected chi connectivity index (χ3v) is 3.50. The van der Waals surface area contributed by atoms with E-state index in [1.807, 2.05) is 60.7 Å². The minimum absolute atomic E-state index is 0.652. The van der Waals surface area contributed by atoms with Gasteiger partial charge in [0, 0.05) is 17.3 Å². The molecule has 3 rings (SSSR count). The summed E-state index contributed by atoms with van der Waals surface area (Å²) in [5.74, 6) is 0.819. The quantitative estimate of drug-likeness (QED) is 0.721. The highest BCUT2D eigenvalue weighted by atomic mass is 16.5. The van der Waals surface area contributed by atoms with Gasteiger partial charge in [-0.1, -0.05) is 18.2 Å². The topological polar surface area (TPSA) is 45.9 Å². The summed E-state index contributed by atoms with van der Waals surface area (Å²) in [5, 5.41) is 8.91. The molecule has 3 aromatic rings. The van der Waals surface area contributed by atoms with Crippen LogP contribution in [0.15, 0.2) is 66.9 Å². The Hall–Kier alpha value is -3.12. The number of nitrogens with zero attached hydrogens (tertiary/aromatic N) is 2. The fourth-order valence-electron chi connectivity index (χ4n) is 2.34. The molecule has 0 amide bonds. The smallest absolute Gasteiger partial charge is 0.118 e. The van der Waals surface area contributed by atoms with E-state index in [4.69, 9.17) is 10.00 Å². The van der Waals surface area contributed by atoms with Crippen molar-refractivity contribution < 1.29 is 4.74 Å². The zero-order valence-corrected chi connectivity index (χ0v) is 12.2. The number of hydrogen-bond acceptors (Lipinski definition) is 3. The van der Waals surface area contributed by atoms with Crippen LogP contribution in [0, 0.1) is 11.3 Å². The van der Waals surface area contributed by atoms with Crippen LogP contribution in [0.1, 0.15) is 5.56 Å². The molecule has 0 unspecified atom stereocenters. The summed E-state index contributed by atoms with van der Waals surface area (Å²) in [4.78, 5) is 4.52. The van der Waals surface area contributed by atoms with E-state index in [0.717, 1.165) is 28.1 Å². The normalized spacial score (nSPS) is 10.0. The molecule has 0 spiro atoms. The maximum atomic E-state index is 8.91. The van der Waals surface area contributed by atoms with E-state index in [2.05, 4.69) is 11.1 Å². The second kappa shape index (κ2) is 6.11. The van der Waals surface area contributed by atoms with Gasteiger partial charge in [-0.2, -0.15) is 5.26 Å². The fourth-order valence-corrected chi connectivity index (χ4v) is 2.34. The number of nitriles is 1. The first-order valence-electron chi connectivity index (χ1n) is 6.92. The zero-order valence-electron chi connectivity index (χ0n) is 12.2. The highest BCUT2D eigenvalue weighted by Crippen LogP contribution is 2.31. The average Bonchev–Trinajstić information content (AvgIpc) is 2.62. The highest BCUT2D eigenvalue weighted by molar-refractivity contribution is 5.80. The Labute approximate surface area is 129 Å². The number of benzene rings is 2. The first kappa shape index (κ1) is 13.8. The van der Waals surface area contributed by atoms with Crippen molar-refractivity contribution in [1.82, 2.24) is 4.98 Å². The van der Waals surface area contributed by atoms with E-state index in [9.17, 15) is 0 Å². The van der Waals surface area contributed by atoms with Gasteiger partial charge in [0.25, 0.3) is 0 Å². The molecule has 0 N–H and O–H groups in total. The SMILES string of the molecule is COc1ccc(-c2ncccc2-c2ccc(C#N)cc2)cc1. The average molecular weight is 286 g/mol. The van der Waals surface area contributed by atoms with Crippen molar-refractivity contribution in [2.75, 3.05) is 7.11 Å². The maximum absolute atomic E-state index is 8.91. The Morgan fingerprint density at radius 1 is 0.909 bits per heavy atom. The minimum Gasteiger partial charge on any atom is -0.497 e. The fraction of sp³-hybridized carbons (Fsp3) is 0.0526. The molecule has 3 heteroatoms. The van der Waals surface area contributed by atoms with Gasteiger partial charge < -0.3 is 4.74 Å². The lowest BCUT2D eigenvalue weighted by molar-refractivity contribution is 0.415. The molecule has 1 aromatic heterocycles. The van der Waals surface area contributed by atoms with Crippen molar-refractivity contribution in [3.8, 4) is 34.2 Å². The Morgan fingerprint density at radius 3 is 2.23 bits per heavy atom. The van der Waals surface area contributed by atoms with Crippen LogP contribution in [-0.2, 0) is 0 Å². The van der Waals surface area contributed by atoms with Crippen LogP contribution >= 0.6 is 0 Å². The lowest BCUT2D eigenvalue weighted by atomic mass is 9.98. The number of methoxy groups -OCH3 is 1. The third-order valence-electron chi connectivity index (χ3n) is 3.50. The molecular weight excluding hydrogens is 272 g/mol. The number of ether oxygens (including phenoxy) is 1. The van der Waals surface area contributed by atoms with Crippen molar-refractivity contribution in [1.29, 1.82) is 5.26 Å². The van der Waals surface area contributed by atoms with Gasteiger partial charge in [-0.05, 0) is 48.0 Å². The first-order valence-corrected chi connectivity index (χ1v) is 6.92. The van der Waals surface area contributed by atoms with Gasteiger partial charge in [-0.3, -0.25) is 4.98 Å². The van der Waals surface area contributed by atoms with Gasteiger partial charge in [0.05, 0.1) is 24.4 Å². The van der Waals surface area contributed by atoms with Crippen molar-refractivity contribution >= 4 is 0 Å². The molecule has 1 heterocycles. The largest absolute Gasteiger partial charge is 0.497 e. The van der Waals surface area contributed by atoms with Gasteiger partial charge in [-0.15, -0.1) is 0 Å². The summed E-state index contributed by atoms with van der Waals surface area (Å²) in [5.41, 5.74) is 4.67. The third kappa shape index (κ3) is 2.68. The first-order chi connectivity index (χ1) is 10.8. The predicted octanol–water partition coefficient (Wildman–Crippen LogP) is 4.30. The summed E-state index contributed by atoms with van der Waals surface area (Å²) in [7, 11) is 1.65. The van der Waals surface area contributed by atoms with Crippen molar-refractivity contribution in [3.05, 3.63) is 72.4 Å². The molecule has 0 saturated carbocycles. The Kier molecular flexibility index (Phi) is 3.84. The molecular formula is C19H14N2O. The minimum atomic E-state index is 0.652. The Balaban J connectivity index is 2.07. The molecule has 2 aromatic carbocycles. The van der Waals surface area contributed by atoms with Crippen molar-refractivity contribution in [2.24, 2.45) is 0 Å². The monoisotopic (exact) mass is 286 g/mol.